The highest BCUT2D eigenvalue weighted by atomic mass is 32.1. The Bertz CT molecular complexity index is 816. The highest BCUT2D eigenvalue weighted by molar-refractivity contribution is 7.17. The van der Waals surface area contributed by atoms with Gasteiger partial charge in [0.25, 0.3) is 5.91 Å². The van der Waals surface area contributed by atoms with Gasteiger partial charge in [-0.2, -0.15) is 0 Å². The molecule has 0 radical (unpaired) electrons. The predicted molar refractivity (Wildman–Crippen MR) is 106 cm³/mol. The molecule has 1 atom stereocenters. The molecule has 2 aliphatic heterocycles. The lowest BCUT2D eigenvalue weighted by Gasteiger charge is -2.24. The number of nitrogens with zero attached hydrogens (tertiary/aromatic N) is 2. The monoisotopic (exact) mass is 387 g/mol. The molecule has 3 amide bonds. The number of fused-ring (bicyclic) bond motifs is 1. The molecular formula is C20H25N3O3S. The largest absolute Gasteiger partial charge is 0.368 e. The van der Waals surface area contributed by atoms with Crippen molar-refractivity contribution in [3.8, 4) is 0 Å². The normalized spacial score (nSPS) is 20.7. The van der Waals surface area contributed by atoms with E-state index in [-0.39, 0.29) is 18.0 Å². The molecule has 2 aromatic rings. The van der Waals surface area contributed by atoms with E-state index in [4.69, 9.17) is 4.74 Å². The van der Waals surface area contributed by atoms with Gasteiger partial charge in [0.2, 0.25) is 0 Å². The summed E-state index contributed by atoms with van der Waals surface area (Å²) in [6.45, 7) is 3.69. The molecule has 0 bridgehead atoms. The zero-order valence-corrected chi connectivity index (χ0v) is 16.2. The lowest BCUT2D eigenvalue weighted by Crippen LogP contribution is -2.44. The molecule has 7 heteroatoms. The van der Waals surface area contributed by atoms with Crippen molar-refractivity contribution in [1.82, 2.24) is 15.1 Å². The van der Waals surface area contributed by atoms with Gasteiger partial charge in [-0.15, -0.1) is 11.3 Å². The molecule has 2 aliphatic rings. The number of rotatable bonds is 3. The zero-order valence-electron chi connectivity index (χ0n) is 15.4. The van der Waals surface area contributed by atoms with Crippen LogP contribution in [0.5, 0.6) is 0 Å². The molecule has 3 heterocycles. The van der Waals surface area contributed by atoms with Crippen LogP contribution in [0.4, 0.5) is 4.79 Å². The second-order valence-corrected chi connectivity index (χ2v) is 8.07. The number of hydrogen-bond acceptors (Lipinski definition) is 4. The van der Waals surface area contributed by atoms with Crippen LogP contribution in [0.3, 0.4) is 0 Å². The number of thiophene rings is 1. The second kappa shape index (κ2) is 8.27. The smallest absolute Gasteiger partial charge is 0.317 e. The van der Waals surface area contributed by atoms with Crippen LogP contribution in [0.2, 0.25) is 0 Å². The van der Waals surface area contributed by atoms with Crippen LogP contribution < -0.4 is 5.32 Å². The van der Waals surface area contributed by atoms with Gasteiger partial charge in [0, 0.05) is 44.0 Å². The Balaban J connectivity index is 1.29. The predicted octanol–water partition coefficient (Wildman–Crippen LogP) is 2.82. The molecule has 2 fully saturated rings. The summed E-state index contributed by atoms with van der Waals surface area (Å²) in [5.41, 5.74) is 1.10. The maximum Gasteiger partial charge on any atom is 0.317 e. The second-order valence-electron chi connectivity index (χ2n) is 7.12. The van der Waals surface area contributed by atoms with E-state index in [9.17, 15) is 9.59 Å². The number of hydrogen-bond donors (Lipinski definition) is 1. The summed E-state index contributed by atoms with van der Waals surface area (Å²) in [7, 11) is 0. The highest BCUT2D eigenvalue weighted by Gasteiger charge is 2.30. The molecule has 1 aromatic heterocycles. The van der Waals surface area contributed by atoms with E-state index in [2.05, 4.69) is 35.0 Å². The molecule has 0 aliphatic carbocycles. The first-order valence-electron chi connectivity index (χ1n) is 9.60. The first-order chi connectivity index (χ1) is 13.2. The van der Waals surface area contributed by atoms with Gasteiger partial charge in [0.15, 0.2) is 0 Å². The number of urea groups is 1. The fraction of sp³-hybridized carbons (Fsp3) is 0.500. The Hall–Kier alpha value is -2.12. The van der Waals surface area contributed by atoms with Crippen molar-refractivity contribution in [3.63, 3.8) is 0 Å². The third kappa shape index (κ3) is 4.25. The summed E-state index contributed by atoms with van der Waals surface area (Å²) in [5, 5.41) is 6.30. The Morgan fingerprint density at radius 2 is 1.96 bits per heavy atom. The quantitative estimate of drug-likeness (QED) is 0.881. The van der Waals surface area contributed by atoms with Crippen LogP contribution in [0.1, 0.15) is 24.8 Å². The Morgan fingerprint density at radius 3 is 2.81 bits per heavy atom. The van der Waals surface area contributed by atoms with Crippen molar-refractivity contribution in [2.24, 2.45) is 0 Å². The first kappa shape index (κ1) is 18.3. The summed E-state index contributed by atoms with van der Waals surface area (Å²) in [5.74, 6) is 0.0822. The van der Waals surface area contributed by atoms with Crippen molar-refractivity contribution in [3.05, 3.63) is 35.2 Å². The third-order valence-corrected chi connectivity index (χ3v) is 6.16. The molecule has 144 valence electrons. The lowest BCUT2D eigenvalue weighted by molar-refractivity contribution is -0.140. The molecule has 0 spiro atoms. The number of nitrogens with one attached hydrogen (secondary N) is 1. The molecule has 1 aromatic carbocycles. The molecule has 27 heavy (non-hydrogen) atoms. The fourth-order valence-corrected chi connectivity index (χ4v) is 4.50. The summed E-state index contributed by atoms with van der Waals surface area (Å²) in [4.78, 5) is 28.7. The van der Waals surface area contributed by atoms with Gasteiger partial charge in [-0.1, -0.05) is 6.07 Å². The van der Waals surface area contributed by atoms with Gasteiger partial charge in [-0.05, 0) is 53.8 Å². The maximum atomic E-state index is 12.6. The first-order valence-corrected chi connectivity index (χ1v) is 10.5. The standard InChI is InChI=1S/C20H25N3O3S/c24-19(17-3-1-11-26-17)22-7-2-8-23(10-9-22)20(25)21-14-15-4-5-18-16(13-15)6-12-27-18/h4-6,12-13,17H,1-3,7-11,14H2,(H,21,25). The van der Waals surface area contributed by atoms with Crippen molar-refractivity contribution >= 4 is 33.4 Å². The van der Waals surface area contributed by atoms with Crippen molar-refractivity contribution in [2.75, 3.05) is 32.8 Å². The number of ether oxygens (including phenoxy) is 1. The zero-order chi connectivity index (χ0) is 18.6. The lowest BCUT2D eigenvalue weighted by atomic mass is 10.2. The summed E-state index contributed by atoms with van der Waals surface area (Å²) in [6.07, 6.45) is 2.29. The minimum atomic E-state index is -0.280. The molecule has 1 unspecified atom stereocenters. The fourth-order valence-electron chi connectivity index (χ4n) is 3.73. The number of carbonyl (C=O) groups is 2. The van der Waals surface area contributed by atoms with Crippen LogP contribution in [0.15, 0.2) is 29.6 Å². The van der Waals surface area contributed by atoms with Crippen LogP contribution in [-0.2, 0) is 16.1 Å². The van der Waals surface area contributed by atoms with E-state index in [1.54, 1.807) is 11.3 Å². The molecule has 4 rings (SSSR count). The van der Waals surface area contributed by atoms with Crippen LogP contribution >= 0.6 is 11.3 Å². The Kier molecular flexibility index (Phi) is 5.59. The minimum Gasteiger partial charge on any atom is -0.368 e. The van der Waals surface area contributed by atoms with E-state index < -0.39 is 0 Å². The number of benzene rings is 1. The molecule has 6 nitrogen and oxygen atoms in total. The summed E-state index contributed by atoms with van der Waals surface area (Å²) < 4.78 is 6.77. The number of amides is 3. The van der Waals surface area contributed by atoms with Gasteiger partial charge in [-0.3, -0.25) is 4.79 Å². The van der Waals surface area contributed by atoms with E-state index in [0.717, 1.165) is 24.8 Å². The maximum absolute atomic E-state index is 12.6. The van der Waals surface area contributed by atoms with Gasteiger partial charge >= 0.3 is 6.03 Å². The Morgan fingerprint density at radius 1 is 1.11 bits per heavy atom. The van der Waals surface area contributed by atoms with Crippen molar-refractivity contribution in [1.29, 1.82) is 0 Å². The van der Waals surface area contributed by atoms with Crippen LogP contribution in [0, 0.1) is 0 Å². The summed E-state index contributed by atoms with van der Waals surface area (Å²) >= 11 is 1.72. The summed E-state index contributed by atoms with van der Waals surface area (Å²) in [6, 6.07) is 8.31. The van der Waals surface area contributed by atoms with Gasteiger partial charge in [0.1, 0.15) is 6.10 Å². The van der Waals surface area contributed by atoms with E-state index >= 15 is 0 Å². The van der Waals surface area contributed by atoms with Crippen molar-refractivity contribution < 1.29 is 14.3 Å². The van der Waals surface area contributed by atoms with Crippen LogP contribution in [-0.4, -0.2) is 60.6 Å². The minimum absolute atomic E-state index is 0.0631. The molecule has 1 N–H and O–H groups in total. The third-order valence-electron chi connectivity index (χ3n) is 5.26. The van der Waals surface area contributed by atoms with Crippen LogP contribution in [0.25, 0.3) is 10.1 Å². The van der Waals surface area contributed by atoms with Gasteiger partial charge < -0.3 is 19.9 Å². The van der Waals surface area contributed by atoms with Gasteiger partial charge in [-0.25, -0.2) is 4.79 Å². The van der Waals surface area contributed by atoms with Crippen molar-refractivity contribution in [2.45, 2.75) is 31.9 Å². The molecule has 2 saturated heterocycles. The van der Waals surface area contributed by atoms with E-state index in [1.165, 1.54) is 10.1 Å². The highest BCUT2D eigenvalue weighted by Crippen LogP contribution is 2.21. The molecule has 0 saturated carbocycles. The Labute approximate surface area is 163 Å². The number of carbonyl (C=O) groups excluding carboxylic acids is 2. The average Bonchev–Trinajstić information content (AvgIpc) is 3.32. The topological polar surface area (TPSA) is 61.9 Å². The SMILES string of the molecule is O=C(NCc1ccc2sccc2c1)N1CCCN(C(=O)C2CCCO2)CC1. The van der Waals surface area contributed by atoms with E-state index in [1.807, 2.05) is 9.80 Å². The van der Waals surface area contributed by atoms with E-state index in [0.29, 0.717) is 39.3 Å². The average molecular weight is 388 g/mol. The molecular weight excluding hydrogens is 362 g/mol. The van der Waals surface area contributed by atoms with Gasteiger partial charge in [0.05, 0.1) is 0 Å².